The van der Waals surface area contributed by atoms with Gasteiger partial charge >= 0.3 is 0 Å². The highest BCUT2D eigenvalue weighted by Gasteiger charge is 2.11. The van der Waals surface area contributed by atoms with Crippen molar-refractivity contribution in [1.82, 2.24) is 0 Å². The Morgan fingerprint density at radius 2 is 1.89 bits per heavy atom. The molecule has 0 unspecified atom stereocenters. The number of halogens is 1. The summed E-state index contributed by atoms with van der Waals surface area (Å²) in [5.74, 6) is -0.156. The van der Waals surface area contributed by atoms with Crippen molar-refractivity contribution in [3.05, 3.63) is 57.6 Å². The molecule has 0 bridgehead atoms. The lowest BCUT2D eigenvalue weighted by Gasteiger charge is -2.10. The minimum Gasteiger partial charge on any atom is -0.399 e. The van der Waals surface area contributed by atoms with E-state index in [9.17, 15) is 4.79 Å². The van der Waals surface area contributed by atoms with E-state index in [0.717, 1.165) is 21.3 Å². The van der Waals surface area contributed by atoms with Crippen LogP contribution in [0.4, 0.5) is 11.4 Å². The second-order valence-corrected chi connectivity index (χ2v) is 5.37. The minimum absolute atomic E-state index is 0.156. The predicted octanol–water partition coefficient (Wildman–Crippen LogP) is 3.90. The van der Waals surface area contributed by atoms with Crippen molar-refractivity contribution in [2.24, 2.45) is 0 Å². The van der Waals surface area contributed by atoms with E-state index < -0.39 is 0 Å². The number of rotatable bonds is 2. The van der Waals surface area contributed by atoms with Gasteiger partial charge in [0.05, 0.1) is 5.69 Å². The first kappa shape index (κ1) is 13.6. The van der Waals surface area contributed by atoms with Crippen LogP contribution >= 0.6 is 15.9 Å². The first-order valence-electron chi connectivity index (χ1n) is 5.91. The Labute approximate surface area is 121 Å². The molecule has 0 aliphatic carbocycles. The summed E-state index contributed by atoms with van der Waals surface area (Å²) in [4.78, 5) is 12.3. The number of anilines is 2. The van der Waals surface area contributed by atoms with E-state index in [1.54, 1.807) is 12.1 Å². The number of amides is 1. The normalized spacial score (nSPS) is 10.3. The molecular formula is C15H15BrN2O. The smallest absolute Gasteiger partial charge is 0.256 e. The molecule has 0 saturated carbocycles. The zero-order valence-electron chi connectivity index (χ0n) is 10.8. The van der Waals surface area contributed by atoms with Crippen LogP contribution in [0.5, 0.6) is 0 Å². The summed E-state index contributed by atoms with van der Waals surface area (Å²) in [6.45, 7) is 3.87. The van der Waals surface area contributed by atoms with Gasteiger partial charge in [-0.3, -0.25) is 4.79 Å². The molecule has 0 aliphatic heterocycles. The summed E-state index contributed by atoms with van der Waals surface area (Å²) in [7, 11) is 0. The molecule has 0 heterocycles. The second kappa shape index (κ2) is 5.45. The molecule has 2 aromatic carbocycles. The number of nitrogens with one attached hydrogen (secondary N) is 1. The average Bonchev–Trinajstić information content (AvgIpc) is 2.36. The van der Waals surface area contributed by atoms with Crippen molar-refractivity contribution in [2.45, 2.75) is 13.8 Å². The molecule has 3 nitrogen and oxygen atoms in total. The van der Waals surface area contributed by atoms with Crippen molar-refractivity contribution in [3.8, 4) is 0 Å². The molecule has 2 aromatic rings. The number of carbonyl (C=O) groups is 1. The zero-order chi connectivity index (χ0) is 14.0. The Kier molecular flexibility index (Phi) is 3.90. The van der Waals surface area contributed by atoms with Crippen molar-refractivity contribution >= 4 is 33.2 Å². The lowest BCUT2D eigenvalue weighted by atomic mass is 10.1. The predicted molar refractivity (Wildman–Crippen MR) is 82.4 cm³/mol. The average molecular weight is 319 g/mol. The van der Waals surface area contributed by atoms with Crippen LogP contribution in [-0.2, 0) is 0 Å². The Morgan fingerprint density at radius 1 is 1.16 bits per heavy atom. The second-order valence-electron chi connectivity index (χ2n) is 4.51. The Morgan fingerprint density at radius 3 is 2.63 bits per heavy atom. The van der Waals surface area contributed by atoms with E-state index in [2.05, 4.69) is 21.2 Å². The largest absolute Gasteiger partial charge is 0.399 e. The molecule has 0 radical (unpaired) electrons. The van der Waals surface area contributed by atoms with Crippen LogP contribution in [-0.4, -0.2) is 5.91 Å². The van der Waals surface area contributed by atoms with Gasteiger partial charge in [-0.25, -0.2) is 0 Å². The van der Waals surface area contributed by atoms with Gasteiger partial charge in [0.2, 0.25) is 0 Å². The standard InChI is InChI=1S/C15H15BrN2O/c1-9-3-6-13(16)14(7-9)18-15(19)12-8-11(17)5-4-10(12)2/h3-8H,17H2,1-2H3,(H,18,19). The zero-order valence-corrected chi connectivity index (χ0v) is 12.4. The van der Waals surface area contributed by atoms with Crippen LogP contribution in [0.15, 0.2) is 40.9 Å². The first-order valence-corrected chi connectivity index (χ1v) is 6.70. The molecular weight excluding hydrogens is 304 g/mol. The summed E-state index contributed by atoms with van der Waals surface area (Å²) in [5, 5.41) is 2.89. The number of nitrogens with two attached hydrogens (primary N) is 1. The Hall–Kier alpha value is -1.81. The number of hydrogen-bond acceptors (Lipinski definition) is 2. The molecule has 0 fully saturated rings. The third-order valence-electron chi connectivity index (χ3n) is 2.88. The van der Waals surface area contributed by atoms with Gasteiger partial charge in [0.25, 0.3) is 5.91 Å². The number of benzene rings is 2. The van der Waals surface area contributed by atoms with E-state index in [-0.39, 0.29) is 5.91 Å². The monoisotopic (exact) mass is 318 g/mol. The van der Waals surface area contributed by atoms with Gasteiger partial charge in [-0.05, 0) is 65.2 Å². The molecule has 1 amide bonds. The van der Waals surface area contributed by atoms with E-state index in [4.69, 9.17) is 5.73 Å². The molecule has 19 heavy (non-hydrogen) atoms. The fourth-order valence-corrected chi connectivity index (χ4v) is 2.15. The van der Waals surface area contributed by atoms with Crippen molar-refractivity contribution < 1.29 is 4.79 Å². The van der Waals surface area contributed by atoms with Crippen molar-refractivity contribution in [1.29, 1.82) is 0 Å². The highest BCUT2D eigenvalue weighted by atomic mass is 79.9. The van der Waals surface area contributed by atoms with Gasteiger partial charge in [0, 0.05) is 15.7 Å². The van der Waals surface area contributed by atoms with Crippen LogP contribution < -0.4 is 11.1 Å². The van der Waals surface area contributed by atoms with E-state index in [1.807, 2.05) is 38.1 Å². The molecule has 0 aliphatic rings. The molecule has 2 rings (SSSR count). The van der Waals surface area contributed by atoms with Crippen LogP contribution in [0.25, 0.3) is 0 Å². The molecule has 0 saturated heterocycles. The molecule has 0 aromatic heterocycles. The van der Waals surface area contributed by atoms with Crippen LogP contribution in [0.1, 0.15) is 21.5 Å². The number of aryl methyl sites for hydroxylation is 2. The number of hydrogen-bond donors (Lipinski definition) is 2. The lowest BCUT2D eigenvalue weighted by Crippen LogP contribution is -2.14. The quantitative estimate of drug-likeness (QED) is 0.825. The maximum Gasteiger partial charge on any atom is 0.256 e. The molecule has 0 spiro atoms. The summed E-state index contributed by atoms with van der Waals surface area (Å²) in [6.07, 6.45) is 0. The van der Waals surface area contributed by atoms with Crippen molar-refractivity contribution in [3.63, 3.8) is 0 Å². The summed E-state index contributed by atoms with van der Waals surface area (Å²) in [6, 6.07) is 11.1. The third kappa shape index (κ3) is 3.15. The maximum absolute atomic E-state index is 12.3. The number of nitrogen functional groups attached to an aromatic ring is 1. The molecule has 98 valence electrons. The maximum atomic E-state index is 12.3. The van der Waals surface area contributed by atoms with Gasteiger partial charge in [-0.1, -0.05) is 12.1 Å². The highest BCUT2D eigenvalue weighted by Crippen LogP contribution is 2.24. The third-order valence-corrected chi connectivity index (χ3v) is 3.57. The summed E-state index contributed by atoms with van der Waals surface area (Å²) >= 11 is 3.43. The SMILES string of the molecule is Cc1ccc(Br)c(NC(=O)c2cc(N)ccc2C)c1. The van der Waals surface area contributed by atoms with E-state index >= 15 is 0 Å². The fourth-order valence-electron chi connectivity index (χ4n) is 1.81. The van der Waals surface area contributed by atoms with Gasteiger partial charge in [0.1, 0.15) is 0 Å². The van der Waals surface area contributed by atoms with E-state index in [0.29, 0.717) is 11.3 Å². The van der Waals surface area contributed by atoms with Gasteiger partial charge in [0.15, 0.2) is 0 Å². The van der Waals surface area contributed by atoms with Crippen LogP contribution in [0.3, 0.4) is 0 Å². The Balaban J connectivity index is 2.30. The number of carbonyl (C=O) groups excluding carboxylic acids is 1. The molecule has 3 N–H and O–H groups in total. The molecule has 0 atom stereocenters. The summed E-state index contributed by atoms with van der Waals surface area (Å²) in [5.41, 5.74) is 9.64. The highest BCUT2D eigenvalue weighted by molar-refractivity contribution is 9.10. The lowest BCUT2D eigenvalue weighted by molar-refractivity contribution is 0.102. The topological polar surface area (TPSA) is 55.1 Å². The van der Waals surface area contributed by atoms with Crippen LogP contribution in [0.2, 0.25) is 0 Å². The van der Waals surface area contributed by atoms with Crippen molar-refractivity contribution in [2.75, 3.05) is 11.1 Å². The van der Waals surface area contributed by atoms with Gasteiger partial charge in [-0.15, -0.1) is 0 Å². The fraction of sp³-hybridized carbons (Fsp3) is 0.133. The van der Waals surface area contributed by atoms with E-state index in [1.165, 1.54) is 0 Å². The van der Waals surface area contributed by atoms with Gasteiger partial charge in [-0.2, -0.15) is 0 Å². The minimum atomic E-state index is -0.156. The summed E-state index contributed by atoms with van der Waals surface area (Å²) < 4.78 is 0.855. The van der Waals surface area contributed by atoms with Crippen LogP contribution in [0, 0.1) is 13.8 Å². The van der Waals surface area contributed by atoms with Gasteiger partial charge < -0.3 is 11.1 Å². The Bertz CT molecular complexity index is 638. The first-order chi connectivity index (χ1) is 8.97. The molecule has 4 heteroatoms.